The normalized spacial score (nSPS) is 11.7. The summed E-state index contributed by atoms with van der Waals surface area (Å²) in [5, 5.41) is 9.78. The monoisotopic (exact) mass is 314 g/mol. The Morgan fingerprint density at radius 2 is 1.52 bits per heavy atom. The Morgan fingerprint density at radius 1 is 0.952 bits per heavy atom. The first kappa shape index (κ1) is 18.0. The molecule has 0 fully saturated rings. The Balaban J connectivity index is 2.42. The van der Waals surface area contributed by atoms with Crippen molar-refractivity contribution in [2.45, 2.75) is 69.6 Å². The number of hydrogen-bond donors (Lipinski definition) is 2. The molecule has 0 heterocycles. The molecule has 0 aromatic heterocycles. The average Bonchev–Trinajstić information content (AvgIpc) is 2.42. The number of aromatic hydroxyl groups is 1. The van der Waals surface area contributed by atoms with Gasteiger partial charge in [-0.2, -0.15) is 8.42 Å². The van der Waals surface area contributed by atoms with E-state index in [1.54, 1.807) is 0 Å². The maximum atomic E-state index is 11.3. The summed E-state index contributed by atoms with van der Waals surface area (Å²) in [4.78, 5) is -0.176. The summed E-state index contributed by atoms with van der Waals surface area (Å²) in [6.45, 7) is 2.19. The van der Waals surface area contributed by atoms with Gasteiger partial charge in [0.15, 0.2) is 0 Å². The highest BCUT2D eigenvalue weighted by atomic mass is 32.2. The molecule has 4 nitrogen and oxygen atoms in total. The predicted molar refractivity (Wildman–Crippen MR) is 84.2 cm³/mol. The molecule has 21 heavy (non-hydrogen) atoms. The Morgan fingerprint density at radius 3 is 2.10 bits per heavy atom. The molecule has 0 amide bonds. The van der Waals surface area contributed by atoms with Crippen LogP contribution in [0.15, 0.2) is 23.1 Å². The highest BCUT2D eigenvalue weighted by molar-refractivity contribution is 7.85. The number of unbranched alkanes of at least 4 members (excludes halogenated alkanes) is 7. The SMILES string of the molecule is CCCCCCCCCCc1c(O)cccc1S(=O)(=O)O. The van der Waals surface area contributed by atoms with Gasteiger partial charge in [0.25, 0.3) is 10.1 Å². The highest BCUT2D eigenvalue weighted by Crippen LogP contribution is 2.26. The van der Waals surface area contributed by atoms with Crippen molar-refractivity contribution in [3.63, 3.8) is 0 Å². The van der Waals surface area contributed by atoms with Crippen LogP contribution in [0.25, 0.3) is 0 Å². The van der Waals surface area contributed by atoms with Crippen molar-refractivity contribution in [2.24, 2.45) is 0 Å². The van der Waals surface area contributed by atoms with E-state index in [1.807, 2.05) is 0 Å². The summed E-state index contributed by atoms with van der Waals surface area (Å²) in [5.41, 5.74) is 0.325. The van der Waals surface area contributed by atoms with Crippen LogP contribution in [0.2, 0.25) is 0 Å². The van der Waals surface area contributed by atoms with Crippen LogP contribution in [0.1, 0.15) is 63.9 Å². The molecule has 0 bridgehead atoms. The fraction of sp³-hybridized carbons (Fsp3) is 0.625. The van der Waals surface area contributed by atoms with Gasteiger partial charge >= 0.3 is 0 Å². The van der Waals surface area contributed by atoms with Crippen molar-refractivity contribution >= 4 is 10.1 Å². The first-order chi connectivity index (χ1) is 9.96. The highest BCUT2D eigenvalue weighted by Gasteiger charge is 2.17. The van der Waals surface area contributed by atoms with Crippen LogP contribution in [-0.2, 0) is 16.5 Å². The molecule has 0 saturated carbocycles. The maximum absolute atomic E-state index is 11.3. The average molecular weight is 314 g/mol. The fourth-order valence-electron chi connectivity index (χ4n) is 2.48. The summed E-state index contributed by atoms with van der Waals surface area (Å²) >= 11 is 0. The minimum absolute atomic E-state index is 0.0620. The van der Waals surface area contributed by atoms with E-state index >= 15 is 0 Å². The minimum Gasteiger partial charge on any atom is -0.508 e. The first-order valence-electron chi connectivity index (χ1n) is 7.75. The third kappa shape index (κ3) is 6.48. The molecule has 0 radical (unpaired) electrons. The lowest BCUT2D eigenvalue weighted by atomic mass is 10.0. The van der Waals surface area contributed by atoms with Gasteiger partial charge in [-0.3, -0.25) is 4.55 Å². The van der Waals surface area contributed by atoms with Gasteiger partial charge in [-0.15, -0.1) is 0 Å². The Labute approximate surface area is 128 Å². The van der Waals surface area contributed by atoms with Crippen LogP contribution in [0.3, 0.4) is 0 Å². The van der Waals surface area contributed by atoms with Crippen LogP contribution in [-0.4, -0.2) is 18.1 Å². The third-order valence-corrected chi connectivity index (χ3v) is 4.60. The van der Waals surface area contributed by atoms with Gasteiger partial charge in [-0.25, -0.2) is 0 Å². The van der Waals surface area contributed by atoms with Crippen LogP contribution in [0.5, 0.6) is 5.75 Å². The molecule has 1 rings (SSSR count). The van der Waals surface area contributed by atoms with E-state index in [4.69, 9.17) is 0 Å². The molecule has 0 aliphatic carbocycles. The summed E-state index contributed by atoms with van der Waals surface area (Å²) < 4.78 is 31.8. The largest absolute Gasteiger partial charge is 0.508 e. The molecule has 2 N–H and O–H groups in total. The maximum Gasteiger partial charge on any atom is 0.294 e. The molecule has 1 aromatic carbocycles. The number of benzene rings is 1. The zero-order chi connectivity index (χ0) is 15.7. The van der Waals surface area contributed by atoms with Gasteiger partial charge in [-0.1, -0.05) is 57.9 Å². The Bertz CT molecular complexity index is 523. The minimum atomic E-state index is -4.27. The molecule has 0 unspecified atom stereocenters. The lowest BCUT2D eigenvalue weighted by Crippen LogP contribution is -2.03. The van der Waals surface area contributed by atoms with Crippen molar-refractivity contribution in [3.05, 3.63) is 23.8 Å². The van der Waals surface area contributed by atoms with Crippen LogP contribution in [0.4, 0.5) is 0 Å². The first-order valence-corrected chi connectivity index (χ1v) is 9.19. The summed E-state index contributed by atoms with van der Waals surface area (Å²) in [6, 6.07) is 4.21. The van der Waals surface area contributed by atoms with Gasteiger partial charge in [0.1, 0.15) is 10.6 Å². The van der Waals surface area contributed by atoms with Crippen LogP contribution >= 0.6 is 0 Å². The van der Waals surface area contributed by atoms with Crippen molar-refractivity contribution < 1.29 is 18.1 Å². The zero-order valence-electron chi connectivity index (χ0n) is 12.7. The summed E-state index contributed by atoms with van der Waals surface area (Å²) in [7, 11) is -4.27. The summed E-state index contributed by atoms with van der Waals surface area (Å²) in [5.74, 6) is -0.0620. The molecular formula is C16H26O4S. The molecule has 0 saturated heterocycles. The van der Waals surface area contributed by atoms with Crippen LogP contribution in [0, 0.1) is 0 Å². The van der Waals surface area contributed by atoms with Gasteiger partial charge in [-0.05, 0) is 25.0 Å². The smallest absolute Gasteiger partial charge is 0.294 e. The van der Waals surface area contributed by atoms with E-state index in [1.165, 1.54) is 50.3 Å². The zero-order valence-corrected chi connectivity index (χ0v) is 13.5. The van der Waals surface area contributed by atoms with E-state index in [9.17, 15) is 18.1 Å². The van der Waals surface area contributed by atoms with Gasteiger partial charge in [0.05, 0.1) is 0 Å². The lowest BCUT2D eigenvalue weighted by molar-refractivity contribution is 0.455. The predicted octanol–water partition coefficient (Wildman–Crippen LogP) is 4.32. The van der Waals surface area contributed by atoms with E-state index in [0.717, 1.165) is 19.3 Å². The Kier molecular flexibility index (Phi) is 7.75. The van der Waals surface area contributed by atoms with Crippen molar-refractivity contribution in [2.75, 3.05) is 0 Å². The second-order valence-electron chi connectivity index (χ2n) is 5.45. The number of hydrogen-bond acceptors (Lipinski definition) is 3. The third-order valence-electron chi connectivity index (χ3n) is 3.67. The van der Waals surface area contributed by atoms with Crippen molar-refractivity contribution in [3.8, 4) is 5.75 Å². The van der Waals surface area contributed by atoms with Gasteiger partial charge < -0.3 is 5.11 Å². The van der Waals surface area contributed by atoms with Gasteiger partial charge in [0, 0.05) is 5.56 Å². The quantitative estimate of drug-likeness (QED) is 0.498. The lowest BCUT2D eigenvalue weighted by Gasteiger charge is -2.09. The second-order valence-corrected chi connectivity index (χ2v) is 6.84. The standard InChI is InChI=1S/C16H26O4S/c1-2-3-4-5-6-7-8-9-11-14-15(17)12-10-13-16(14)21(18,19)20/h10,12-13,17H,2-9,11H2,1H3,(H,18,19,20). The molecule has 0 aliphatic rings. The molecule has 120 valence electrons. The molecule has 5 heteroatoms. The molecule has 0 atom stereocenters. The topological polar surface area (TPSA) is 74.6 Å². The van der Waals surface area contributed by atoms with E-state index < -0.39 is 10.1 Å². The Hall–Kier alpha value is -1.07. The van der Waals surface area contributed by atoms with E-state index in [-0.39, 0.29) is 10.6 Å². The molecule has 0 aliphatic heterocycles. The molecule has 0 spiro atoms. The van der Waals surface area contributed by atoms with Gasteiger partial charge in [0.2, 0.25) is 0 Å². The van der Waals surface area contributed by atoms with E-state index in [0.29, 0.717) is 12.0 Å². The van der Waals surface area contributed by atoms with Crippen molar-refractivity contribution in [1.82, 2.24) is 0 Å². The molecular weight excluding hydrogens is 288 g/mol. The van der Waals surface area contributed by atoms with Crippen molar-refractivity contribution in [1.29, 1.82) is 0 Å². The fourth-order valence-corrected chi connectivity index (χ4v) is 3.25. The number of phenols is 1. The van der Waals surface area contributed by atoms with Crippen LogP contribution < -0.4 is 0 Å². The second kappa shape index (κ2) is 9.05. The van der Waals surface area contributed by atoms with E-state index in [2.05, 4.69) is 6.92 Å². The number of phenolic OH excluding ortho intramolecular Hbond substituents is 1. The summed E-state index contributed by atoms with van der Waals surface area (Å²) in [6.07, 6.45) is 9.67. The molecule has 1 aromatic rings. The number of rotatable bonds is 10.